The van der Waals surface area contributed by atoms with E-state index in [1.54, 1.807) is 6.07 Å². The van der Waals surface area contributed by atoms with E-state index in [2.05, 4.69) is 10.3 Å². The summed E-state index contributed by atoms with van der Waals surface area (Å²) in [5.74, 6) is 2.10. The van der Waals surface area contributed by atoms with Crippen LogP contribution in [-0.4, -0.2) is 34.1 Å². The molecule has 2 heterocycles. The smallest absolute Gasteiger partial charge is 0.335 e. The Morgan fingerprint density at radius 3 is 3.21 bits per heavy atom. The fraction of sp³-hybridized carbons (Fsp3) is 0.385. The van der Waals surface area contributed by atoms with Crippen LogP contribution < -0.4 is 5.32 Å². The second kappa shape index (κ2) is 5.13. The highest BCUT2D eigenvalue weighted by Crippen LogP contribution is 2.25. The molecule has 1 saturated heterocycles. The Morgan fingerprint density at radius 2 is 2.47 bits per heavy atom. The Hall–Kier alpha value is -1.69. The minimum atomic E-state index is -0.962. The summed E-state index contributed by atoms with van der Waals surface area (Å²) in [7, 11) is 0. The fourth-order valence-corrected chi connectivity index (χ4v) is 3.39. The number of benzene rings is 1. The van der Waals surface area contributed by atoms with Gasteiger partial charge in [-0.1, -0.05) is 0 Å². The largest absolute Gasteiger partial charge is 0.478 e. The second-order valence-corrected chi connectivity index (χ2v) is 5.77. The minimum Gasteiger partial charge on any atom is -0.478 e. The van der Waals surface area contributed by atoms with Crippen LogP contribution in [0.2, 0.25) is 0 Å². The first-order valence-electron chi connectivity index (χ1n) is 6.18. The number of aromatic nitrogens is 1. The highest BCUT2D eigenvalue weighted by atomic mass is 32.2. The summed E-state index contributed by atoms with van der Waals surface area (Å²) >= 11 is 1.97. The average Bonchev–Trinajstić information content (AvgIpc) is 3.04. The van der Waals surface area contributed by atoms with Crippen LogP contribution >= 0.6 is 11.8 Å². The van der Waals surface area contributed by atoms with Crippen molar-refractivity contribution in [1.82, 2.24) is 4.98 Å². The van der Waals surface area contributed by atoms with Gasteiger partial charge in [-0.05, 0) is 42.0 Å². The van der Waals surface area contributed by atoms with Crippen molar-refractivity contribution in [2.45, 2.75) is 6.42 Å². The molecule has 19 heavy (non-hydrogen) atoms. The lowest BCUT2D eigenvalue weighted by molar-refractivity contribution is 0.0697. The van der Waals surface area contributed by atoms with Crippen molar-refractivity contribution in [3.8, 4) is 0 Å². The molecule has 0 aliphatic carbocycles. The number of thioether (sulfide) groups is 1. The first-order chi connectivity index (χ1) is 9.22. The number of nitrogens with one attached hydrogen (secondary N) is 1. The number of nitrogens with zero attached hydrogens (tertiary/aromatic N) is 1. The minimum absolute atomic E-state index is 0.211. The van der Waals surface area contributed by atoms with Gasteiger partial charge in [0.25, 0.3) is 6.01 Å². The van der Waals surface area contributed by atoms with Crippen molar-refractivity contribution >= 4 is 34.8 Å². The maximum atomic E-state index is 10.9. The second-order valence-electron chi connectivity index (χ2n) is 4.62. The number of anilines is 1. The molecule has 1 aliphatic heterocycles. The fourth-order valence-electron chi connectivity index (χ4n) is 2.11. The van der Waals surface area contributed by atoms with E-state index in [9.17, 15) is 4.79 Å². The lowest BCUT2D eigenvalue weighted by Crippen LogP contribution is -2.13. The number of aromatic carboxylic acids is 1. The number of fused-ring (bicyclic) bond motifs is 1. The van der Waals surface area contributed by atoms with Gasteiger partial charge in [-0.15, -0.1) is 0 Å². The maximum Gasteiger partial charge on any atom is 0.335 e. The third-order valence-electron chi connectivity index (χ3n) is 3.20. The molecule has 0 bridgehead atoms. The number of carbonyl (C=O) groups is 1. The van der Waals surface area contributed by atoms with Crippen LogP contribution in [0.1, 0.15) is 16.8 Å². The Balaban J connectivity index is 1.75. The Bertz CT molecular complexity index is 605. The van der Waals surface area contributed by atoms with E-state index >= 15 is 0 Å². The number of carboxylic acid groups (broad SMARTS) is 1. The summed E-state index contributed by atoms with van der Waals surface area (Å²) in [6.45, 7) is 0.853. The zero-order chi connectivity index (χ0) is 13.2. The van der Waals surface area contributed by atoms with Gasteiger partial charge in [0.05, 0.1) is 5.56 Å². The molecule has 0 saturated carbocycles. The highest BCUT2D eigenvalue weighted by Gasteiger charge is 2.16. The Morgan fingerprint density at radius 1 is 1.58 bits per heavy atom. The van der Waals surface area contributed by atoms with Crippen LogP contribution in [0.3, 0.4) is 0 Å². The molecular weight excluding hydrogens is 264 g/mol. The van der Waals surface area contributed by atoms with E-state index in [4.69, 9.17) is 9.52 Å². The third kappa shape index (κ3) is 2.68. The number of rotatable bonds is 4. The number of hydrogen-bond donors (Lipinski definition) is 2. The molecule has 0 spiro atoms. The van der Waals surface area contributed by atoms with E-state index < -0.39 is 5.97 Å². The molecule has 0 amide bonds. The van der Waals surface area contributed by atoms with Crippen molar-refractivity contribution in [1.29, 1.82) is 0 Å². The van der Waals surface area contributed by atoms with Crippen molar-refractivity contribution in [2.75, 3.05) is 23.4 Å². The van der Waals surface area contributed by atoms with Gasteiger partial charge in [-0.2, -0.15) is 16.7 Å². The van der Waals surface area contributed by atoms with Crippen LogP contribution in [0.25, 0.3) is 11.1 Å². The van der Waals surface area contributed by atoms with Crippen LogP contribution in [0.5, 0.6) is 0 Å². The summed E-state index contributed by atoms with van der Waals surface area (Å²) in [4.78, 5) is 15.2. The van der Waals surface area contributed by atoms with Crippen molar-refractivity contribution in [3.63, 3.8) is 0 Å². The van der Waals surface area contributed by atoms with E-state index in [1.807, 2.05) is 11.8 Å². The molecule has 1 aromatic heterocycles. The molecule has 1 fully saturated rings. The summed E-state index contributed by atoms with van der Waals surface area (Å²) in [6, 6.07) is 5.17. The van der Waals surface area contributed by atoms with E-state index in [0.717, 1.165) is 6.54 Å². The van der Waals surface area contributed by atoms with Gasteiger partial charge in [0.2, 0.25) is 0 Å². The predicted octanol–water partition coefficient (Wildman–Crippen LogP) is 2.69. The third-order valence-corrected chi connectivity index (χ3v) is 4.43. The number of oxazole rings is 1. The molecule has 100 valence electrons. The SMILES string of the molecule is O=C(O)c1ccc2nc(NCC3CCSC3)oc2c1. The molecule has 1 atom stereocenters. The molecule has 1 aromatic carbocycles. The van der Waals surface area contributed by atoms with Gasteiger partial charge in [0.15, 0.2) is 5.58 Å². The highest BCUT2D eigenvalue weighted by molar-refractivity contribution is 7.99. The summed E-state index contributed by atoms with van der Waals surface area (Å²) in [5, 5.41) is 12.1. The predicted molar refractivity (Wildman–Crippen MR) is 74.9 cm³/mol. The Kier molecular flexibility index (Phi) is 3.33. The molecule has 5 nitrogen and oxygen atoms in total. The van der Waals surface area contributed by atoms with Gasteiger partial charge in [0, 0.05) is 6.54 Å². The molecule has 3 rings (SSSR count). The molecule has 1 unspecified atom stereocenters. The maximum absolute atomic E-state index is 10.9. The Labute approximate surface area is 114 Å². The van der Waals surface area contributed by atoms with Crippen LogP contribution in [0.4, 0.5) is 6.01 Å². The summed E-state index contributed by atoms with van der Waals surface area (Å²) < 4.78 is 5.53. The molecule has 2 aromatic rings. The van der Waals surface area contributed by atoms with E-state index in [1.165, 1.54) is 30.1 Å². The van der Waals surface area contributed by atoms with Crippen LogP contribution in [0.15, 0.2) is 22.6 Å². The molecule has 6 heteroatoms. The van der Waals surface area contributed by atoms with Gasteiger partial charge in [-0.3, -0.25) is 0 Å². The van der Waals surface area contributed by atoms with Gasteiger partial charge >= 0.3 is 5.97 Å². The standard InChI is InChI=1S/C13H14N2O3S/c16-12(17)9-1-2-10-11(5-9)18-13(15-10)14-6-8-3-4-19-7-8/h1-2,5,8H,3-4,6-7H2,(H,14,15)(H,16,17). The number of hydrogen-bond acceptors (Lipinski definition) is 5. The molecule has 1 aliphatic rings. The van der Waals surface area contributed by atoms with Crippen molar-refractivity contribution in [2.24, 2.45) is 5.92 Å². The van der Waals surface area contributed by atoms with Crippen molar-refractivity contribution in [3.05, 3.63) is 23.8 Å². The average molecular weight is 278 g/mol. The van der Waals surface area contributed by atoms with Crippen LogP contribution in [-0.2, 0) is 0 Å². The molecule has 2 N–H and O–H groups in total. The van der Waals surface area contributed by atoms with Crippen LogP contribution in [0, 0.1) is 5.92 Å². The summed E-state index contributed by atoms with van der Waals surface area (Å²) in [5.41, 5.74) is 1.39. The van der Waals surface area contributed by atoms with Gasteiger partial charge < -0.3 is 14.8 Å². The molecular formula is C13H14N2O3S. The first kappa shape index (κ1) is 12.3. The zero-order valence-electron chi connectivity index (χ0n) is 10.3. The normalized spacial score (nSPS) is 18.8. The van der Waals surface area contributed by atoms with Crippen molar-refractivity contribution < 1.29 is 14.3 Å². The lowest BCUT2D eigenvalue weighted by Gasteiger charge is -2.07. The van der Waals surface area contributed by atoms with Gasteiger partial charge in [-0.25, -0.2) is 4.79 Å². The van der Waals surface area contributed by atoms with Gasteiger partial charge in [0.1, 0.15) is 5.52 Å². The summed E-state index contributed by atoms with van der Waals surface area (Å²) in [6.07, 6.45) is 1.22. The first-order valence-corrected chi connectivity index (χ1v) is 7.33. The monoisotopic (exact) mass is 278 g/mol. The number of carboxylic acids is 1. The van der Waals surface area contributed by atoms with E-state index in [0.29, 0.717) is 23.0 Å². The lowest BCUT2D eigenvalue weighted by atomic mass is 10.1. The van der Waals surface area contributed by atoms with E-state index in [-0.39, 0.29) is 5.56 Å². The molecule has 0 radical (unpaired) electrons. The zero-order valence-corrected chi connectivity index (χ0v) is 11.1. The quantitative estimate of drug-likeness (QED) is 0.895. The topological polar surface area (TPSA) is 75.4 Å².